The van der Waals surface area contributed by atoms with Gasteiger partial charge in [0.25, 0.3) is 0 Å². The van der Waals surface area contributed by atoms with Crippen molar-refractivity contribution >= 4 is 0 Å². The highest BCUT2D eigenvalue weighted by Gasteiger charge is 2.39. The van der Waals surface area contributed by atoms with Gasteiger partial charge < -0.3 is 10.2 Å². The van der Waals surface area contributed by atoms with Crippen molar-refractivity contribution in [3.63, 3.8) is 0 Å². The molecule has 1 saturated carbocycles. The van der Waals surface area contributed by atoms with Crippen LogP contribution in [0.25, 0.3) is 0 Å². The largest absolute Gasteiger partial charge is 0.396 e. The molecule has 1 rings (SSSR count). The predicted octanol–water partition coefficient (Wildman–Crippen LogP) is 0.533. The maximum Gasteiger partial charge on any atom is 0.122 e. The Bertz CT molecular complexity index is 163. The first-order chi connectivity index (χ1) is 5.25. The fourth-order valence-corrected chi connectivity index (χ4v) is 1.77. The average Bonchev–Trinajstić information content (AvgIpc) is 2.52. The van der Waals surface area contributed by atoms with Crippen LogP contribution >= 0.6 is 0 Å². The van der Waals surface area contributed by atoms with Crippen LogP contribution in [0.4, 0.5) is 0 Å². The van der Waals surface area contributed by atoms with Crippen LogP contribution in [0, 0.1) is 17.8 Å². The molecule has 0 aromatic carbocycles. The zero-order valence-electron chi connectivity index (χ0n) is 6.58. The molecule has 0 aromatic rings. The molecule has 1 fully saturated rings. The summed E-state index contributed by atoms with van der Waals surface area (Å²) < 4.78 is 0. The Labute approximate surface area is 67.2 Å². The average molecular weight is 154 g/mol. The van der Waals surface area contributed by atoms with Crippen molar-refractivity contribution in [1.82, 2.24) is 0 Å². The van der Waals surface area contributed by atoms with Crippen molar-refractivity contribution < 1.29 is 10.2 Å². The molecule has 1 aliphatic carbocycles. The van der Waals surface area contributed by atoms with Gasteiger partial charge in [-0.15, -0.1) is 6.42 Å². The van der Waals surface area contributed by atoms with Gasteiger partial charge in [-0.1, -0.05) is 18.8 Å². The summed E-state index contributed by atoms with van der Waals surface area (Å²) in [4.78, 5) is 0. The topological polar surface area (TPSA) is 40.5 Å². The number of rotatable bonds is 2. The summed E-state index contributed by atoms with van der Waals surface area (Å²) in [6.45, 7) is 0.0123. The van der Waals surface area contributed by atoms with Gasteiger partial charge in [0.15, 0.2) is 0 Å². The Kier molecular flexibility index (Phi) is 2.53. The van der Waals surface area contributed by atoms with Crippen molar-refractivity contribution in [3.05, 3.63) is 0 Å². The first kappa shape index (κ1) is 8.58. The summed E-state index contributed by atoms with van der Waals surface area (Å²) in [6.07, 6.45) is 8.18. The van der Waals surface area contributed by atoms with E-state index in [1.165, 1.54) is 0 Å². The van der Waals surface area contributed by atoms with Crippen LogP contribution in [0.15, 0.2) is 0 Å². The fourth-order valence-electron chi connectivity index (χ4n) is 1.77. The first-order valence-electron chi connectivity index (χ1n) is 4.00. The SMILES string of the molecule is C#CC(O)C1(CO)CCCC1. The van der Waals surface area contributed by atoms with Gasteiger partial charge in [-0.05, 0) is 12.8 Å². The lowest BCUT2D eigenvalue weighted by atomic mass is 9.81. The fraction of sp³-hybridized carbons (Fsp3) is 0.778. The van der Waals surface area contributed by atoms with Crippen LogP contribution in [0.5, 0.6) is 0 Å². The maximum atomic E-state index is 9.41. The zero-order chi connectivity index (χ0) is 8.32. The summed E-state index contributed by atoms with van der Waals surface area (Å²) in [5.41, 5.74) is -0.380. The second kappa shape index (κ2) is 3.25. The van der Waals surface area contributed by atoms with E-state index in [1.807, 2.05) is 0 Å². The van der Waals surface area contributed by atoms with Crippen molar-refractivity contribution in [2.24, 2.45) is 5.41 Å². The number of terminal acetylenes is 1. The van der Waals surface area contributed by atoms with E-state index in [-0.39, 0.29) is 12.0 Å². The van der Waals surface area contributed by atoms with Crippen LogP contribution in [-0.4, -0.2) is 22.9 Å². The van der Waals surface area contributed by atoms with E-state index < -0.39 is 6.10 Å². The summed E-state index contributed by atoms with van der Waals surface area (Å²) in [5, 5.41) is 18.5. The molecule has 2 heteroatoms. The van der Waals surface area contributed by atoms with Gasteiger partial charge in [0, 0.05) is 5.41 Å². The number of aliphatic hydroxyl groups is 2. The van der Waals surface area contributed by atoms with Crippen LogP contribution in [-0.2, 0) is 0 Å². The van der Waals surface area contributed by atoms with Gasteiger partial charge >= 0.3 is 0 Å². The van der Waals surface area contributed by atoms with Gasteiger partial charge in [-0.2, -0.15) is 0 Å². The molecule has 62 valence electrons. The predicted molar refractivity (Wildman–Crippen MR) is 42.8 cm³/mol. The molecule has 0 aliphatic heterocycles. The quantitative estimate of drug-likeness (QED) is 0.570. The third-order valence-electron chi connectivity index (χ3n) is 2.65. The number of hydrogen-bond donors (Lipinski definition) is 2. The van der Waals surface area contributed by atoms with Crippen molar-refractivity contribution in [2.75, 3.05) is 6.61 Å². The minimum atomic E-state index is -0.769. The Morgan fingerprint density at radius 2 is 2.00 bits per heavy atom. The smallest absolute Gasteiger partial charge is 0.122 e. The van der Waals surface area contributed by atoms with E-state index in [9.17, 15) is 5.11 Å². The van der Waals surface area contributed by atoms with E-state index in [1.54, 1.807) is 0 Å². The monoisotopic (exact) mass is 154 g/mol. The summed E-state index contributed by atoms with van der Waals surface area (Å²) in [6, 6.07) is 0. The van der Waals surface area contributed by atoms with Gasteiger partial charge in [0.2, 0.25) is 0 Å². The molecule has 0 heterocycles. The highest BCUT2D eigenvalue weighted by Crippen LogP contribution is 2.40. The minimum absolute atomic E-state index is 0.0123. The number of aliphatic hydroxyl groups excluding tert-OH is 2. The highest BCUT2D eigenvalue weighted by molar-refractivity contribution is 5.05. The first-order valence-corrected chi connectivity index (χ1v) is 4.00. The third-order valence-corrected chi connectivity index (χ3v) is 2.65. The summed E-state index contributed by atoms with van der Waals surface area (Å²) in [5.74, 6) is 2.29. The van der Waals surface area contributed by atoms with Crippen molar-refractivity contribution in [3.8, 4) is 12.3 Å². The molecule has 0 spiro atoms. The lowest BCUT2D eigenvalue weighted by molar-refractivity contribution is 0.0208. The molecule has 1 atom stereocenters. The normalized spacial score (nSPS) is 24.5. The molecule has 0 bridgehead atoms. The van der Waals surface area contributed by atoms with Gasteiger partial charge in [-0.3, -0.25) is 0 Å². The lowest BCUT2D eigenvalue weighted by Crippen LogP contribution is -2.34. The van der Waals surface area contributed by atoms with E-state index in [0.29, 0.717) is 0 Å². The standard InChI is InChI=1S/C9H14O2/c1-2-8(11)9(7-10)5-3-4-6-9/h1,8,10-11H,3-7H2. The van der Waals surface area contributed by atoms with E-state index in [4.69, 9.17) is 11.5 Å². The van der Waals surface area contributed by atoms with E-state index >= 15 is 0 Å². The Morgan fingerprint density at radius 1 is 1.45 bits per heavy atom. The van der Waals surface area contributed by atoms with Crippen LogP contribution < -0.4 is 0 Å². The molecule has 2 nitrogen and oxygen atoms in total. The minimum Gasteiger partial charge on any atom is -0.396 e. The van der Waals surface area contributed by atoms with Gasteiger partial charge in [0.05, 0.1) is 6.61 Å². The lowest BCUT2D eigenvalue weighted by Gasteiger charge is -2.28. The molecule has 0 amide bonds. The third kappa shape index (κ3) is 1.40. The molecule has 11 heavy (non-hydrogen) atoms. The Balaban J connectivity index is 2.68. The maximum absolute atomic E-state index is 9.41. The van der Waals surface area contributed by atoms with Crippen LogP contribution in [0.2, 0.25) is 0 Å². The molecule has 0 radical (unpaired) electrons. The molecule has 1 unspecified atom stereocenters. The molecule has 1 aliphatic rings. The Hall–Kier alpha value is -0.520. The zero-order valence-corrected chi connectivity index (χ0v) is 6.58. The van der Waals surface area contributed by atoms with Crippen molar-refractivity contribution in [1.29, 1.82) is 0 Å². The van der Waals surface area contributed by atoms with E-state index in [2.05, 4.69) is 5.92 Å². The van der Waals surface area contributed by atoms with Crippen molar-refractivity contribution in [2.45, 2.75) is 31.8 Å². The molecule has 0 saturated heterocycles. The second-order valence-electron chi connectivity index (χ2n) is 3.30. The van der Waals surface area contributed by atoms with Gasteiger partial charge in [-0.25, -0.2) is 0 Å². The molecule has 0 aromatic heterocycles. The molecular formula is C9H14O2. The van der Waals surface area contributed by atoms with Crippen LogP contribution in [0.3, 0.4) is 0 Å². The van der Waals surface area contributed by atoms with E-state index in [0.717, 1.165) is 25.7 Å². The van der Waals surface area contributed by atoms with Crippen LogP contribution in [0.1, 0.15) is 25.7 Å². The molecule has 2 N–H and O–H groups in total. The number of hydrogen-bond acceptors (Lipinski definition) is 2. The summed E-state index contributed by atoms with van der Waals surface area (Å²) >= 11 is 0. The molecular weight excluding hydrogens is 140 g/mol. The Morgan fingerprint density at radius 3 is 2.36 bits per heavy atom. The van der Waals surface area contributed by atoms with Gasteiger partial charge in [0.1, 0.15) is 6.10 Å². The summed E-state index contributed by atoms with van der Waals surface area (Å²) in [7, 11) is 0. The highest BCUT2D eigenvalue weighted by atomic mass is 16.3. The second-order valence-corrected chi connectivity index (χ2v) is 3.30.